The predicted molar refractivity (Wildman–Crippen MR) is 42.0 cm³/mol. The van der Waals surface area contributed by atoms with Gasteiger partial charge in [-0.15, -0.1) is 11.8 Å². The van der Waals surface area contributed by atoms with Crippen molar-refractivity contribution in [2.75, 3.05) is 13.6 Å². The van der Waals surface area contributed by atoms with Crippen molar-refractivity contribution in [3.63, 3.8) is 0 Å². The maximum absolute atomic E-state index is 5.44. The Kier molecular flexibility index (Phi) is 2.03. The van der Waals surface area contributed by atoms with E-state index in [1.54, 1.807) is 0 Å². The van der Waals surface area contributed by atoms with Crippen molar-refractivity contribution in [1.82, 2.24) is 4.90 Å². The zero-order chi connectivity index (χ0) is 6.85. The molecule has 1 rings (SSSR count). The fourth-order valence-corrected chi connectivity index (χ4v) is 1.75. The molecule has 2 N–H and O–H groups in total. The molecule has 1 unspecified atom stereocenters. The predicted octanol–water partition coefficient (Wildman–Crippen LogP) is 0.811. The van der Waals surface area contributed by atoms with Crippen LogP contribution in [0, 0.1) is 0 Å². The third-order valence-electron chi connectivity index (χ3n) is 1.44. The van der Waals surface area contributed by atoms with Crippen LogP contribution in [0.15, 0.2) is 11.1 Å². The first-order valence-corrected chi connectivity index (χ1v) is 3.91. The van der Waals surface area contributed by atoms with Crippen LogP contribution < -0.4 is 5.73 Å². The van der Waals surface area contributed by atoms with Crippen LogP contribution in [0.3, 0.4) is 0 Å². The van der Waals surface area contributed by atoms with E-state index in [0.717, 1.165) is 0 Å². The molecule has 0 saturated carbocycles. The molecule has 0 bridgehead atoms. The van der Waals surface area contributed by atoms with Gasteiger partial charge in [-0.3, -0.25) is 0 Å². The van der Waals surface area contributed by atoms with Crippen molar-refractivity contribution >= 4 is 11.8 Å². The highest BCUT2D eigenvalue weighted by Crippen LogP contribution is 2.29. The van der Waals surface area contributed by atoms with Crippen molar-refractivity contribution in [1.29, 1.82) is 0 Å². The first-order chi connectivity index (χ1) is 4.24. The van der Waals surface area contributed by atoms with Crippen molar-refractivity contribution in [2.45, 2.75) is 12.3 Å². The molecule has 1 aliphatic rings. The molecule has 1 aliphatic heterocycles. The van der Waals surface area contributed by atoms with E-state index in [1.807, 2.05) is 11.8 Å². The van der Waals surface area contributed by atoms with Crippen LogP contribution in [-0.4, -0.2) is 23.9 Å². The maximum Gasteiger partial charge on any atom is 0.0758 e. The van der Waals surface area contributed by atoms with Crippen LogP contribution in [0.1, 0.15) is 6.92 Å². The van der Waals surface area contributed by atoms with E-state index in [1.165, 1.54) is 4.91 Å². The van der Waals surface area contributed by atoms with Gasteiger partial charge >= 0.3 is 0 Å². The monoisotopic (exact) mass is 144 g/mol. The van der Waals surface area contributed by atoms with Gasteiger partial charge in [-0.05, 0) is 6.92 Å². The number of rotatable bonds is 1. The molecule has 0 aliphatic carbocycles. The Morgan fingerprint density at radius 3 is 2.78 bits per heavy atom. The molecular formula is C6H12N2S. The van der Waals surface area contributed by atoms with Gasteiger partial charge in [0.15, 0.2) is 0 Å². The summed E-state index contributed by atoms with van der Waals surface area (Å²) in [6, 6.07) is 0. The lowest BCUT2D eigenvalue weighted by Gasteiger charge is -2.13. The largest absolute Gasteiger partial charge is 0.368 e. The standard InChI is InChI=1S/C6H12N2S/c1-5-8(2)4-6(3-7)9-5/h4-5H,3,7H2,1-2H3. The lowest BCUT2D eigenvalue weighted by molar-refractivity contribution is 0.459. The van der Waals surface area contributed by atoms with Gasteiger partial charge in [0.05, 0.1) is 5.37 Å². The highest BCUT2D eigenvalue weighted by molar-refractivity contribution is 8.03. The van der Waals surface area contributed by atoms with Crippen LogP contribution in [0.4, 0.5) is 0 Å². The average molecular weight is 144 g/mol. The molecule has 9 heavy (non-hydrogen) atoms. The molecule has 0 spiro atoms. The Morgan fingerprint density at radius 1 is 1.89 bits per heavy atom. The topological polar surface area (TPSA) is 29.3 Å². The van der Waals surface area contributed by atoms with Gasteiger partial charge in [0.25, 0.3) is 0 Å². The summed E-state index contributed by atoms with van der Waals surface area (Å²) in [6.07, 6.45) is 2.11. The van der Waals surface area contributed by atoms with Gasteiger partial charge in [-0.25, -0.2) is 0 Å². The van der Waals surface area contributed by atoms with E-state index in [4.69, 9.17) is 5.73 Å². The van der Waals surface area contributed by atoms with Crippen molar-refractivity contribution in [2.24, 2.45) is 5.73 Å². The van der Waals surface area contributed by atoms with E-state index >= 15 is 0 Å². The van der Waals surface area contributed by atoms with Crippen molar-refractivity contribution in [3.8, 4) is 0 Å². The highest BCUT2D eigenvalue weighted by Gasteiger charge is 2.15. The summed E-state index contributed by atoms with van der Waals surface area (Å²) in [5.41, 5.74) is 5.44. The molecule has 52 valence electrons. The lowest BCUT2D eigenvalue weighted by atomic mass is 10.5. The van der Waals surface area contributed by atoms with Gasteiger partial charge in [0.1, 0.15) is 0 Å². The Morgan fingerprint density at radius 2 is 2.56 bits per heavy atom. The first-order valence-electron chi connectivity index (χ1n) is 3.03. The average Bonchev–Trinajstić information content (AvgIpc) is 2.13. The minimum absolute atomic E-state index is 0.573. The number of nitrogens with two attached hydrogens (primary N) is 1. The van der Waals surface area contributed by atoms with Gasteiger partial charge in [0.2, 0.25) is 0 Å². The van der Waals surface area contributed by atoms with Gasteiger partial charge in [-0.2, -0.15) is 0 Å². The van der Waals surface area contributed by atoms with Crippen LogP contribution in [-0.2, 0) is 0 Å². The molecule has 0 aromatic heterocycles. The Hall–Kier alpha value is -0.150. The van der Waals surface area contributed by atoms with Crippen molar-refractivity contribution in [3.05, 3.63) is 11.1 Å². The summed E-state index contributed by atoms with van der Waals surface area (Å²) in [6.45, 7) is 2.85. The molecule has 0 amide bonds. The van der Waals surface area contributed by atoms with E-state index < -0.39 is 0 Å². The summed E-state index contributed by atoms with van der Waals surface area (Å²) in [5.74, 6) is 0. The highest BCUT2D eigenvalue weighted by atomic mass is 32.2. The van der Waals surface area contributed by atoms with E-state index in [2.05, 4.69) is 25.1 Å². The van der Waals surface area contributed by atoms with Gasteiger partial charge < -0.3 is 10.6 Å². The quantitative estimate of drug-likeness (QED) is 0.590. The molecule has 3 heteroatoms. The molecular weight excluding hydrogens is 132 g/mol. The summed E-state index contributed by atoms with van der Waals surface area (Å²) in [5, 5.41) is 0.573. The molecule has 0 radical (unpaired) electrons. The number of hydrogen-bond acceptors (Lipinski definition) is 3. The zero-order valence-corrected chi connectivity index (χ0v) is 6.61. The van der Waals surface area contributed by atoms with E-state index in [9.17, 15) is 0 Å². The van der Waals surface area contributed by atoms with Crippen LogP contribution in [0.2, 0.25) is 0 Å². The molecule has 0 aromatic rings. The zero-order valence-electron chi connectivity index (χ0n) is 5.79. The van der Waals surface area contributed by atoms with E-state index in [-0.39, 0.29) is 0 Å². The minimum Gasteiger partial charge on any atom is -0.368 e. The number of nitrogens with zero attached hydrogens (tertiary/aromatic N) is 1. The summed E-state index contributed by atoms with van der Waals surface area (Å²) in [4.78, 5) is 3.46. The molecule has 1 heterocycles. The summed E-state index contributed by atoms with van der Waals surface area (Å²) < 4.78 is 0. The third-order valence-corrected chi connectivity index (χ3v) is 2.69. The molecule has 1 atom stereocenters. The SMILES string of the molecule is CC1SC(CN)=CN1C. The van der Waals surface area contributed by atoms with E-state index in [0.29, 0.717) is 11.9 Å². The number of hydrogen-bond donors (Lipinski definition) is 1. The third kappa shape index (κ3) is 1.40. The van der Waals surface area contributed by atoms with Crippen LogP contribution in [0.25, 0.3) is 0 Å². The Balaban J connectivity index is 2.52. The molecule has 0 saturated heterocycles. The maximum atomic E-state index is 5.44. The fraction of sp³-hybridized carbons (Fsp3) is 0.667. The normalized spacial score (nSPS) is 26.8. The van der Waals surface area contributed by atoms with Crippen LogP contribution >= 0.6 is 11.8 Å². The van der Waals surface area contributed by atoms with Gasteiger partial charge in [0, 0.05) is 24.7 Å². The molecule has 0 fully saturated rings. The second-order valence-corrected chi connectivity index (χ2v) is 3.62. The van der Waals surface area contributed by atoms with Gasteiger partial charge in [-0.1, -0.05) is 0 Å². The Labute approximate surface area is 60.1 Å². The second-order valence-electron chi connectivity index (χ2n) is 2.18. The van der Waals surface area contributed by atoms with Crippen molar-refractivity contribution < 1.29 is 0 Å². The fourth-order valence-electron chi connectivity index (χ4n) is 0.766. The minimum atomic E-state index is 0.573. The molecule has 0 aromatic carbocycles. The smallest absolute Gasteiger partial charge is 0.0758 e. The lowest BCUT2D eigenvalue weighted by Crippen LogP contribution is -2.14. The molecule has 2 nitrogen and oxygen atoms in total. The summed E-state index contributed by atoms with van der Waals surface area (Å²) in [7, 11) is 2.07. The second kappa shape index (κ2) is 2.62. The Bertz CT molecular complexity index is 133. The van der Waals surface area contributed by atoms with Crippen LogP contribution in [0.5, 0.6) is 0 Å². The number of thioether (sulfide) groups is 1. The summed E-state index contributed by atoms with van der Waals surface area (Å²) >= 11 is 1.84. The first kappa shape index (κ1) is 6.96.